The van der Waals surface area contributed by atoms with E-state index in [0.717, 1.165) is 10.2 Å². The number of ether oxygens (including phenoxy) is 1. The van der Waals surface area contributed by atoms with E-state index in [-0.39, 0.29) is 0 Å². The minimum Gasteiger partial charge on any atom is -0.490 e. The summed E-state index contributed by atoms with van der Waals surface area (Å²) in [7, 11) is 0. The van der Waals surface area contributed by atoms with Crippen molar-refractivity contribution in [1.29, 1.82) is 0 Å². The smallest absolute Gasteiger partial charge is 0.121 e. The quantitative estimate of drug-likeness (QED) is 0.753. The zero-order valence-corrected chi connectivity index (χ0v) is 8.60. The van der Waals surface area contributed by atoms with Crippen molar-refractivity contribution in [3.63, 3.8) is 0 Å². The summed E-state index contributed by atoms with van der Waals surface area (Å²) in [4.78, 5) is 0. The monoisotopic (exact) mass is 226 g/mol. The van der Waals surface area contributed by atoms with Gasteiger partial charge in [0, 0.05) is 4.47 Å². The van der Waals surface area contributed by atoms with Crippen molar-refractivity contribution in [2.45, 2.75) is 25.9 Å². The van der Waals surface area contributed by atoms with E-state index < -0.39 is 0 Å². The number of rotatable bonds is 2. The Kier molecular flexibility index (Phi) is 2.09. The Balaban J connectivity index is 2.18. The molecular formula is C10H11BrO. The van der Waals surface area contributed by atoms with Crippen LogP contribution in [-0.2, 0) is 0 Å². The van der Waals surface area contributed by atoms with Gasteiger partial charge in [-0.3, -0.25) is 0 Å². The third-order valence-electron chi connectivity index (χ3n) is 1.84. The Morgan fingerprint density at radius 1 is 1.33 bits per heavy atom. The Bertz CT molecular complexity index is 272. The first-order chi connectivity index (χ1) is 5.74. The molecule has 0 saturated heterocycles. The van der Waals surface area contributed by atoms with E-state index in [1.54, 1.807) is 0 Å². The van der Waals surface area contributed by atoms with Gasteiger partial charge in [0.2, 0.25) is 0 Å². The van der Waals surface area contributed by atoms with Crippen LogP contribution in [0.4, 0.5) is 0 Å². The maximum absolute atomic E-state index is 5.66. The van der Waals surface area contributed by atoms with Crippen LogP contribution in [0.2, 0.25) is 0 Å². The molecule has 1 aliphatic rings. The molecule has 0 aliphatic heterocycles. The molecule has 1 nitrogen and oxygen atoms in total. The van der Waals surface area contributed by atoms with Crippen molar-refractivity contribution in [1.82, 2.24) is 0 Å². The second-order valence-corrected chi connectivity index (χ2v) is 4.20. The number of aryl methyl sites for hydroxylation is 1. The fraction of sp³-hybridized carbons (Fsp3) is 0.400. The minimum atomic E-state index is 0.485. The summed E-state index contributed by atoms with van der Waals surface area (Å²) < 4.78 is 6.75. The average Bonchev–Trinajstić information content (AvgIpc) is 2.68. The molecule has 0 unspecified atom stereocenters. The van der Waals surface area contributed by atoms with E-state index in [4.69, 9.17) is 4.74 Å². The average molecular weight is 227 g/mol. The SMILES string of the molecule is Cc1cc(Br)cc(OC2CC2)c1. The standard InChI is InChI=1S/C10H11BrO/c1-7-4-8(11)6-10(5-7)12-9-2-3-9/h4-6,9H,2-3H2,1H3. The summed E-state index contributed by atoms with van der Waals surface area (Å²) in [5.74, 6) is 0.990. The zero-order valence-electron chi connectivity index (χ0n) is 7.01. The summed E-state index contributed by atoms with van der Waals surface area (Å²) in [5.41, 5.74) is 1.24. The maximum atomic E-state index is 5.66. The molecule has 0 atom stereocenters. The van der Waals surface area contributed by atoms with Gasteiger partial charge >= 0.3 is 0 Å². The lowest BCUT2D eigenvalue weighted by Gasteiger charge is -2.05. The van der Waals surface area contributed by atoms with Crippen molar-refractivity contribution in [2.75, 3.05) is 0 Å². The molecule has 0 spiro atoms. The first-order valence-corrected chi connectivity index (χ1v) is 4.97. The van der Waals surface area contributed by atoms with E-state index in [1.165, 1.54) is 18.4 Å². The summed E-state index contributed by atoms with van der Waals surface area (Å²) in [6.45, 7) is 2.07. The predicted molar refractivity (Wildman–Crippen MR) is 52.5 cm³/mol. The molecule has 1 saturated carbocycles. The van der Waals surface area contributed by atoms with Crippen molar-refractivity contribution in [2.24, 2.45) is 0 Å². The van der Waals surface area contributed by atoms with Crippen LogP contribution in [-0.4, -0.2) is 6.10 Å². The highest BCUT2D eigenvalue weighted by Crippen LogP contribution is 2.29. The summed E-state index contributed by atoms with van der Waals surface area (Å²) >= 11 is 3.44. The largest absolute Gasteiger partial charge is 0.490 e. The topological polar surface area (TPSA) is 9.23 Å². The molecule has 1 aromatic rings. The molecule has 0 heterocycles. The van der Waals surface area contributed by atoms with Gasteiger partial charge in [-0.2, -0.15) is 0 Å². The minimum absolute atomic E-state index is 0.485. The first kappa shape index (κ1) is 8.11. The molecule has 0 aromatic heterocycles. The fourth-order valence-electron chi connectivity index (χ4n) is 1.15. The highest BCUT2D eigenvalue weighted by atomic mass is 79.9. The second-order valence-electron chi connectivity index (χ2n) is 3.28. The van der Waals surface area contributed by atoms with E-state index in [0.29, 0.717) is 6.10 Å². The van der Waals surface area contributed by atoms with Gasteiger partial charge in [-0.1, -0.05) is 15.9 Å². The molecule has 0 N–H and O–H groups in total. The molecule has 64 valence electrons. The third-order valence-corrected chi connectivity index (χ3v) is 2.30. The van der Waals surface area contributed by atoms with Gasteiger partial charge in [0.15, 0.2) is 0 Å². The molecule has 1 fully saturated rings. The van der Waals surface area contributed by atoms with Crippen molar-refractivity contribution >= 4 is 15.9 Å². The molecule has 0 radical (unpaired) electrons. The molecule has 2 rings (SSSR count). The maximum Gasteiger partial charge on any atom is 0.121 e. The van der Waals surface area contributed by atoms with Crippen molar-refractivity contribution in [3.8, 4) is 5.75 Å². The van der Waals surface area contributed by atoms with Crippen molar-refractivity contribution in [3.05, 3.63) is 28.2 Å². The fourth-order valence-corrected chi connectivity index (χ4v) is 1.74. The molecular weight excluding hydrogens is 216 g/mol. The van der Waals surface area contributed by atoms with Crippen LogP contribution in [0.25, 0.3) is 0 Å². The molecule has 2 heteroatoms. The van der Waals surface area contributed by atoms with Gasteiger partial charge < -0.3 is 4.74 Å². The summed E-state index contributed by atoms with van der Waals surface area (Å²) in [6.07, 6.45) is 2.91. The summed E-state index contributed by atoms with van der Waals surface area (Å²) in [5, 5.41) is 0. The van der Waals surface area contributed by atoms with Crippen LogP contribution >= 0.6 is 15.9 Å². The van der Waals surface area contributed by atoms with Crippen LogP contribution in [0.3, 0.4) is 0 Å². The number of hydrogen-bond donors (Lipinski definition) is 0. The normalized spacial score (nSPS) is 16.2. The molecule has 0 bridgehead atoms. The van der Waals surface area contributed by atoms with E-state index in [1.807, 2.05) is 6.07 Å². The molecule has 1 aromatic carbocycles. The van der Waals surface area contributed by atoms with Gasteiger partial charge in [0.25, 0.3) is 0 Å². The lowest BCUT2D eigenvalue weighted by Crippen LogP contribution is -1.95. The van der Waals surface area contributed by atoms with Gasteiger partial charge in [0.05, 0.1) is 6.10 Å². The molecule has 1 aliphatic carbocycles. The molecule has 0 amide bonds. The Morgan fingerprint density at radius 2 is 2.08 bits per heavy atom. The van der Waals surface area contributed by atoms with Crippen LogP contribution in [0.1, 0.15) is 18.4 Å². The van der Waals surface area contributed by atoms with E-state index >= 15 is 0 Å². The number of halogens is 1. The second kappa shape index (κ2) is 3.09. The lowest BCUT2D eigenvalue weighted by molar-refractivity contribution is 0.303. The Morgan fingerprint density at radius 3 is 2.67 bits per heavy atom. The van der Waals surface area contributed by atoms with Crippen LogP contribution in [0, 0.1) is 6.92 Å². The van der Waals surface area contributed by atoms with Gasteiger partial charge in [0.1, 0.15) is 5.75 Å². The van der Waals surface area contributed by atoms with E-state index in [9.17, 15) is 0 Å². The van der Waals surface area contributed by atoms with Gasteiger partial charge in [-0.25, -0.2) is 0 Å². The Labute approximate surface area is 80.9 Å². The zero-order chi connectivity index (χ0) is 8.55. The van der Waals surface area contributed by atoms with Crippen LogP contribution in [0.5, 0.6) is 5.75 Å². The summed E-state index contributed by atoms with van der Waals surface area (Å²) in [6, 6.07) is 6.17. The first-order valence-electron chi connectivity index (χ1n) is 4.18. The predicted octanol–water partition coefficient (Wildman–Crippen LogP) is 3.30. The Hall–Kier alpha value is -0.500. The van der Waals surface area contributed by atoms with Crippen LogP contribution in [0.15, 0.2) is 22.7 Å². The number of benzene rings is 1. The van der Waals surface area contributed by atoms with Gasteiger partial charge in [-0.05, 0) is 43.5 Å². The van der Waals surface area contributed by atoms with E-state index in [2.05, 4.69) is 35.0 Å². The number of hydrogen-bond acceptors (Lipinski definition) is 1. The third kappa shape index (κ3) is 2.01. The molecule has 12 heavy (non-hydrogen) atoms. The highest BCUT2D eigenvalue weighted by Gasteiger charge is 2.23. The van der Waals surface area contributed by atoms with Gasteiger partial charge in [-0.15, -0.1) is 0 Å². The highest BCUT2D eigenvalue weighted by molar-refractivity contribution is 9.10. The van der Waals surface area contributed by atoms with Crippen molar-refractivity contribution < 1.29 is 4.74 Å². The lowest BCUT2D eigenvalue weighted by atomic mass is 10.2. The van der Waals surface area contributed by atoms with Crippen LogP contribution < -0.4 is 4.74 Å².